The lowest BCUT2D eigenvalue weighted by Crippen LogP contribution is -2.27. The van der Waals surface area contributed by atoms with Crippen molar-refractivity contribution in [3.8, 4) is 0 Å². The van der Waals surface area contributed by atoms with Gasteiger partial charge in [-0.15, -0.1) is 0 Å². The molecular formula is C14H24F2O2. The number of rotatable bonds is 7. The monoisotopic (exact) mass is 262 g/mol. The summed E-state index contributed by atoms with van der Waals surface area (Å²) in [6, 6.07) is 0. The molecule has 1 atom stereocenters. The Morgan fingerprint density at radius 2 is 1.94 bits per heavy atom. The lowest BCUT2D eigenvalue weighted by molar-refractivity contribution is -0.236. The third-order valence-electron chi connectivity index (χ3n) is 3.36. The van der Waals surface area contributed by atoms with E-state index in [1.165, 1.54) is 19.3 Å². The van der Waals surface area contributed by atoms with E-state index < -0.39 is 6.11 Å². The third-order valence-corrected chi connectivity index (χ3v) is 3.36. The third kappa shape index (κ3) is 5.80. The van der Waals surface area contributed by atoms with Crippen LogP contribution < -0.4 is 0 Å². The molecule has 0 aliphatic heterocycles. The molecule has 4 heteroatoms. The molecule has 1 saturated carbocycles. The first-order chi connectivity index (χ1) is 8.42. The van der Waals surface area contributed by atoms with Gasteiger partial charge in [0.15, 0.2) is 0 Å². The number of hydrogen-bond acceptors (Lipinski definition) is 2. The van der Waals surface area contributed by atoms with E-state index in [1.54, 1.807) is 0 Å². The molecule has 0 bridgehead atoms. The van der Waals surface area contributed by atoms with Gasteiger partial charge in [0.25, 0.3) is 0 Å². The molecule has 1 unspecified atom stereocenters. The zero-order valence-corrected chi connectivity index (χ0v) is 11.4. The highest BCUT2D eigenvalue weighted by Crippen LogP contribution is 2.30. The molecule has 0 N–H and O–H groups in total. The summed E-state index contributed by atoms with van der Waals surface area (Å²) in [4.78, 5) is 0. The Hall–Kier alpha value is -0.640. The quantitative estimate of drug-likeness (QED) is 0.629. The summed E-state index contributed by atoms with van der Waals surface area (Å²) in [7, 11) is 0. The van der Waals surface area contributed by atoms with Crippen LogP contribution in [-0.2, 0) is 9.47 Å². The number of ether oxygens (including phenoxy) is 2. The minimum absolute atomic E-state index is 0.0915. The zero-order valence-electron chi connectivity index (χ0n) is 11.4. The van der Waals surface area contributed by atoms with Crippen molar-refractivity contribution in [2.24, 2.45) is 5.92 Å². The maximum absolute atomic E-state index is 12.6. The summed E-state index contributed by atoms with van der Waals surface area (Å²) in [6.45, 7) is 6.50. The maximum atomic E-state index is 12.6. The minimum atomic E-state index is -3.09. The Labute approximate surface area is 108 Å². The number of halogens is 2. The number of allylic oxidation sites excluding steroid dienone is 1. The van der Waals surface area contributed by atoms with Crippen LogP contribution in [0.25, 0.3) is 0 Å². The van der Waals surface area contributed by atoms with Crippen LogP contribution in [0.15, 0.2) is 12.3 Å². The van der Waals surface area contributed by atoms with Gasteiger partial charge in [0, 0.05) is 12.8 Å². The molecule has 2 nitrogen and oxygen atoms in total. The fraction of sp³-hybridized carbons (Fsp3) is 0.857. The minimum Gasteiger partial charge on any atom is -0.493 e. The Kier molecular flexibility index (Phi) is 6.06. The van der Waals surface area contributed by atoms with Gasteiger partial charge in [0.2, 0.25) is 0 Å². The summed E-state index contributed by atoms with van der Waals surface area (Å²) >= 11 is 0. The molecule has 0 amide bonds. The normalized spacial score (nSPS) is 19.6. The Balaban J connectivity index is 2.34. The van der Waals surface area contributed by atoms with E-state index in [2.05, 4.69) is 11.3 Å². The van der Waals surface area contributed by atoms with Crippen molar-refractivity contribution in [3.63, 3.8) is 0 Å². The van der Waals surface area contributed by atoms with E-state index in [1.807, 2.05) is 6.92 Å². The van der Waals surface area contributed by atoms with Gasteiger partial charge >= 0.3 is 6.11 Å². The van der Waals surface area contributed by atoms with Crippen molar-refractivity contribution >= 4 is 0 Å². The summed E-state index contributed by atoms with van der Waals surface area (Å²) in [5.74, 6) is 1.12. The standard InChI is InChI=1S/C14H24F2O2/c1-4-13(10-17-14(3,15)16)18-11(2)12-8-6-5-7-9-12/h12-13H,2,4-10H2,1,3H3. The predicted octanol–water partition coefficient (Wildman–Crippen LogP) is 4.50. The first kappa shape index (κ1) is 15.4. The molecule has 106 valence electrons. The lowest BCUT2D eigenvalue weighted by Gasteiger charge is -2.27. The van der Waals surface area contributed by atoms with E-state index in [9.17, 15) is 8.78 Å². The van der Waals surface area contributed by atoms with Crippen LogP contribution in [0.2, 0.25) is 0 Å². The molecule has 0 aromatic carbocycles. The highest BCUT2D eigenvalue weighted by molar-refractivity contribution is 4.93. The van der Waals surface area contributed by atoms with E-state index in [-0.39, 0.29) is 12.7 Å². The molecule has 0 heterocycles. The second-order valence-corrected chi connectivity index (χ2v) is 5.07. The van der Waals surface area contributed by atoms with Crippen LogP contribution in [0.4, 0.5) is 8.78 Å². The summed E-state index contributed by atoms with van der Waals surface area (Å²) in [5.41, 5.74) is 0. The molecule has 1 aliphatic rings. The molecule has 0 aromatic heterocycles. The second-order valence-electron chi connectivity index (χ2n) is 5.07. The van der Waals surface area contributed by atoms with Crippen LogP contribution in [0.3, 0.4) is 0 Å². The molecular weight excluding hydrogens is 238 g/mol. The van der Waals surface area contributed by atoms with E-state index >= 15 is 0 Å². The van der Waals surface area contributed by atoms with Crippen molar-refractivity contribution in [2.75, 3.05) is 6.61 Å². The number of alkyl halides is 2. The molecule has 1 aliphatic carbocycles. The SMILES string of the molecule is C=C(OC(CC)COC(C)(F)F)C1CCCCC1. The van der Waals surface area contributed by atoms with Crippen molar-refractivity contribution in [1.29, 1.82) is 0 Å². The van der Waals surface area contributed by atoms with Crippen molar-refractivity contribution in [2.45, 2.75) is 64.6 Å². The molecule has 18 heavy (non-hydrogen) atoms. The van der Waals surface area contributed by atoms with Gasteiger partial charge in [0.1, 0.15) is 6.10 Å². The first-order valence-electron chi connectivity index (χ1n) is 6.79. The molecule has 1 fully saturated rings. The zero-order chi connectivity index (χ0) is 13.6. The van der Waals surface area contributed by atoms with Crippen LogP contribution in [-0.4, -0.2) is 18.8 Å². The van der Waals surface area contributed by atoms with Crippen molar-refractivity contribution in [1.82, 2.24) is 0 Å². The maximum Gasteiger partial charge on any atom is 0.353 e. The van der Waals surface area contributed by atoms with Gasteiger partial charge in [-0.05, 0) is 19.3 Å². The van der Waals surface area contributed by atoms with Crippen LogP contribution >= 0.6 is 0 Å². The van der Waals surface area contributed by atoms with Gasteiger partial charge in [-0.3, -0.25) is 0 Å². The summed E-state index contributed by atoms with van der Waals surface area (Å²) in [5, 5.41) is 0. The fourth-order valence-electron chi connectivity index (χ4n) is 2.21. The highest BCUT2D eigenvalue weighted by atomic mass is 19.3. The van der Waals surface area contributed by atoms with E-state index in [4.69, 9.17) is 4.74 Å². The van der Waals surface area contributed by atoms with Crippen molar-refractivity contribution < 1.29 is 18.3 Å². The molecule has 0 saturated heterocycles. The molecule has 0 radical (unpaired) electrons. The topological polar surface area (TPSA) is 18.5 Å². The highest BCUT2D eigenvalue weighted by Gasteiger charge is 2.25. The molecule has 0 aromatic rings. The van der Waals surface area contributed by atoms with Gasteiger partial charge in [-0.25, -0.2) is 0 Å². The first-order valence-corrected chi connectivity index (χ1v) is 6.79. The van der Waals surface area contributed by atoms with Crippen LogP contribution in [0.5, 0.6) is 0 Å². The van der Waals surface area contributed by atoms with Crippen LogP contribution in [0.1, 0.15) is 52.4 Å². The Morgan fingerprint density at radius 1 is 1.33 bits per heavy atom. The predicted molar refractivity (Wildman–Crippen MR) is 67.5 cm³/mol. The summed E-state index contributed by atoms with van der Waals surface area (Å²) in [6.07, 6.45) is 3.09. The Bertz CT molecular complexity index is 255. The smallest absolute Gasteiger partial charge is 0.353 e. The lowest BCUT2D eigenvalue weighted by atomic mass is 9.88. The van der Waals surface area contributed by atoms with E-state index in [0.29, 0.717) is 12.3 Å². The molecule has 1 rings (SSSR count). The number of hydrogen-bond donors (Lipinski definition) is 0. The van der Waals surface area contributed by atoms with Gasteiger partial charge < -0.3 is 9.47 Å². The molecule has 0 spiro atoms. The second kappa shape index (κ2) is 7.07. The largest absolute Gasteiger partial charge is 0.493 e. The average molecular weight is 262 g/mol. The van der Waals surface area contributed by atoms with E-state index in [0.717, 1.165) is 25.5 Å². The Morgan fingerprint density at radius 3 is 2.44 bits per heavy atom. The van der Waals surface area contributed by atoms with Gasteiger partial charge in [-0.1, -0.05) is 32.8 Å². The van der Waals surface area contributed by atoms with Gasteiger partial charge in [-0.2, -0.15) is 8.78 Å². The van der Waals surface area contributed by atoms with Gasteiger partial charge in [0.05, 0.1) is 12.4 Å². The fourth-order valence-corrected chi connectivity index (χ4v) is 2.21. The van der Waals surface area contributed by atoms with Crippen molar-refractivity contribution in [3.05, 3.63) is 12.3 Å². The summed E-state index contributed by atoms with van der Waals surface area (Å²) < 4.78 is 35.4. The average Bonchev–Trinajstić information content (AvgIpc) is 2.34. The van der Waals surface area contributed by atoms with Crippen LogP contribution in [0, 0.1) is 5.92 Å².